The maximum absolute atomic E-state index is 6.51. The second kappa shape index (κ2) is 4.58. The summed E-state index contributed by atoms with van der Waals surface area (Å²) < 4.78 is 5.41. The number of hydrogen-bond donors (Lipinski definition) is 1. The molecule has 0 aliphatic heterocycles. The molecule has 1 saturated carbocycles. The summed E-state index contributed by atoms with van der Waals surface area (Å²) in [6.45, 7) is 0. The lowest BCUT2D eigenvalue weighted by Crippen LogP contribution is -2.49. The fourth-order valence-electron chi connectivity index (χ4n) is 3.97. The van der Waals surface area contributed by atoms with E-state index in [2.05, 4.69) is 18.2 Å². The van der Waals surface area contributed by atoms with E-state index in [9.17, 15) is 0 Å². The molecule has 1 spiro atoms. The van der Waals surface area contributed by atoms with Gasteiger partial charge in [0.2, 0.25) is 0 Å². The Morgan fingerprint density at radius 2 is 2.00 bits per heavy atom. The van der Waals surface area contributed by atoms with E-state index < -0.39 is 0 Å². The molecule has 0 heterocycles. The third kappa shape index (κ3) is 1.74. The first kappa shape index (κ1) is 12.0. The van der Waals surface area contributed by atoms with Crippen molar-refractivity contribution in [2.24, 2.45) is 5.73 Å². The zero-order valence-corrected chi connectivity index (χ0v) is 11.2. The van der Waals surface area contributed by atoms with E-state index in [0.717, 1.165) is 18.6 Å². The largest absolute Gasteiger partial charge is 0.497 e. The van der Waals surface area contributed by atoms with Gasteiger partial charge in [0.15, 0.2) is 0 Å². The minimum Gasteiger partial charge on any atom is -0.497 e. The van der Waals surface area contributed by atoms with Gasteiger partial charge >= 0.3 is 0 Å². The van der Waals surface area contributed by atoms with Gasteiger partial charge in [-0.1, -0.05) is 25.3 Å². The second-order valence-corrected chi connectivity index (χ2v) is 5.89. The number of aryl methyl sites for hydroxylation is 1. The van der Waals surface area contributed by atoms with Crippen molar-refractivity contribution in [1.29, 1.82) is 0 Å². The highest BCUT2D eigenvalue weighted by Gasteiger charge is 2.43. The molecule has 1 atom stereocenters. The summed E-state index contributed by atoms with van der Waals surface area (Å²) in [7, 11) is 1.75. The molecule has 0 amide bonds. The monoisotopic (exact) mass is 245 g/mol. The van der Waals surface area contributed by atoms with E-state index in [0.29, 0.717) is 6.04 Å². The third-order valence-electron chi connectivity index (χ3n) is 5.03. The Labute approximate surface area is 110 Å². The van der Waals surface area contributed by atoms with Crippen LogP contribution in [0.25, 0.3) is 0 Å². The number of nitrogens with two attached hydrogens (primary N) is 1. The number of fused-ring (bicyclic) bond motifs is 2. The van der Waals surface area contributed by atoms with Gasteiger partial charge in [-0.2, -0.15) is 0 Å². The van der Waals surface area contributed by atoms with Crippen molar-refractivity contribution >= 4 is 0 Å². The Hall–Kier alpha value is -1.02. The number of rotatable bonds is 1. The molecule has 2 aliphatic carbocycles. The van der Waals surface area contributed by atoms with Crippen molar-refractivity contribution in [2.45, 2.75) is 56.4 Å². The molecule has 0 bridgehead atoms. The van der Waals surface area contributed by atoms with Crippen molar-refractivity contribution in [3.8, 4) is 5.75 Å². The zero-order chi connectivity index (χ0) is 12.6. The van der Waals surface area contributed by atoms with Gasteiger partial charge in [0.1, 0.15) is 5.75 Å². The molecule has 2 N–H and O–H groups in total. The lowest BCUT2D eigenvalue weighted by atomic mass is 9.60. The topological polar surface area (TPSA) is 35.2 Å². The van der Waals surface area contributed by atoms with Gasteiger partial charge in [-0.25, -0.2) is 0 Å². The standard InChI is InChI=1S/C16H23NO/c1-18-13-7-5-12-6-8-15(17)16(14(12)11-13)9-3-2-4-10-16/h5,7,11,15H,2-4,6,8-10,17H2,1H3. The molecular formula is C16H23NO. The quantitative estimate of drug-likeness (QED) is 0.824. The van der Waals surface area contributed by atoms with Crippen LogP contribution < -0.4 is 10.5 Å². The minimum absolute atomic E-state index is 0.236. The molecule has 1 unspecified atom stereocenters. The second-order valence-electron chi connectivity index (χ2n) is 5.89. The van der Waals surface area contributed by atoms with Gasteiger partial charge in [0.25, 0.3) is 0 Å². The molecule has 2 nitrogen and oxygen atoms in total. The minimum atomic E-state index is 0.236. The van der Waals surface area contributed by atoms with Gasteiger partial charge in [-0.3, -0.25) is 0 Å². The summed E-state index contributed by atoms with van der Waals surface area (Å²) in [6, 6.07) is 6.92. The first-order valence-electron chi connectivity index (χ1n) is 7.19. The highest BCUT2D eigenvalue weighted by Crippen LogP contribution is 2.47. The summed E-state index contributed by atoms with van der Waals surface area (Å²) in [5.74, 6) is 0.979. The zero-order valence-electron chi connectivity index (χ0n) is 11.2. The van der Waals surface area contributed by atoms with E-state index in [-0.39, 0.29) is 5.41 Å². The van der Waals surface area contributed by atoms with Crippen molar-refractivity contribution in [1.82, 2.24) is 0 Å². The summed E-state index contributed by atoms with van der Waals surface area (Å²) in [5.41, 5.74) is 9.73. The van der Waals surface area contributed by atoms with Crippen LogP contribution in [-0.4, -0.2) is 13.2 Å². The van der Waals surface area contributed by atoms with Crippen LogP contribution in [0, 0.1) is 0 Å². The summed E-state index contributed by atoms with van der Waals surface area (Å²) in [6.07, 6.45) is 8.80. The highest BCUT2D eigenvalue weighted by atomic mass is 16.5. The molecule has 18 heavy (non-hydrogen) atoms. The molecule has 2 heteroatoms. The Morgan fingerprint density at radius 1 is 1.22 bits per heavy atom. The van der Waals surface area contributed by atoms with Crippen LogP contribution in [-0.2, 0) is 11.8 Å². The van der Waals surface area contributed by atoms with Crippen molar-refractivity contribution < 1.29 is 4.74 Å². The van der Waals surface area contributed by atoms with Gasteiger partial charge < -0.3 is 10.5 Å². The van der Waals surface area contributed by atoms with E-state index >= 15 is 0 Å². The number of hydrogen-bond acceptors (Lipinski definition) is 2. The fourth-order valence-corrected chi connectivity index (χ4v) is 3.97. The number of ether oxygens (including phenoxy) is 1. The molecule has 0 aromatic heterocycles. The molecule has 1 fully saturated rings. The summed E-state index contributed by atoms with van der Waals surface area (Å²) in [4.78, 5) is 0. The van der Waals surface area contributed by atoms with Crippen LogP contribution in [0.5, 0.6) is 5.75 Å². The van der Waals surface area contributed by atoms with Crippen LogP contribution in [0.4, 0.5) is 0 Å². The van der Waals surface area contributed by atoms with E-state index in [4.69, 9.17) is 10.5 Å². The Balaban J connectivity index is 2.09. The normalized spacial score (nSPS) is 25.8. The molecule has 0 radical (unpaired) electrons. The number of benzene rings is 1. The van der Waals surface area contributed by atoms with Crippen LogP contribution in [0.1, 0.15) is 49.7 Å². The van der Waals surface area contributed by atoms with Crippen molar-refractivity contribution in [3.63, 3.8) is 0 Å². The first-order valence-corrected chi connectivity index (χ1v) is 7.19. The molecule has 3 rings (SSSR count). The molecule has 2 aliphatic rings. The van der Waals surface area contributed by atoms with Crippen molar-refractivity contribution in [3.05, 3.63) is 29.3 Å². The van der Waals surface area contributed by atoms with Crippen LogP contribution >= 0.6 is 0 Å². The van der Waals surface area contributed by atoms with E-state index in [1.807, 2.05) is 0 Å². The Bertz CT molecular complexity index is 435. The Kier molecular flexibility index (Phi) is 3.06. The summed E-state index contributed by atoms with van der Waals surface area (Å²) >= 11 is 0. The van der Waals surface area contributed by atoms with Crippen LogP contribution in [0.3, 0.4) is 0 Å². The van der Waals surface area contributed by atoms with Gasteiger partial charge in [0.05, 0.1) is 7.11 Å². The first-order chi connectivity index (χ1) is 8.76. The predicted octanol–water partition coefficient (Wildman–Crippen LogP) is 3.17. The molecule has 1 aromatic carbocycles. The summed E-state index contributed by atoms with van der Waals surface area (Å²) in [5, 5.41) is 0. The fraction of sp³-hybridized carbons (Fsp3) is 0.625. The number of methoxy groups -OCH3 is 1. The van der Waals surface area contributed by atoms with Crippen LogP contribution in [0.15, 0.2) is 18.2 Å². The molecular weight excluding hydrogens is 222 g/mol. The van der Waals surface area contributed by atoms with Crippen LogP contribution in [0.2, 0.25) is 0 Å². The highest BCUT2D eigenvalue weighted by molar-refractivity contribution is 5.44. The third-order valence-corrected chi connectivity index (χ3v) is 5.03. The lowest BCUT2D eigenvalue weighted by Gasteiger charge is -2.46. The average Bonchev–Trinajstić information content (AvgIpc) is 2.44. The predicted molar refractivity (Wildman–Crippen MR) is 74.1 cm³/mol. The average molecular weight is 245 g/mol. The molecule has 98 valence electrons. The van der Waals surface area contributed by atoms with E-state index in [1.54, 1.807) is 7.11 Å². The van der Waals surface area contributed by atoms with E-state index in [1.165, 1.54) is 43.2 Å². The SMILES string of the molecule is COc1ccc2c(c1)C1(CCCCC1)C(N)CC2. The molecule has 1 aromatic rings. The Morgan fingerprint density at radius 3 is 2.72 bits per heavy atom. The van der Waals surface area contributed by atoms with Gasteiger partial charge in [-0.15, -0.1) is 0 Å². The lowest BCUT2D eigenvalue weighted by molar-refractivity contribution is 0.220. The van der Waals surface area contributed by atoms with Gasteiger partial charge in [-0.05, 0) is 48.9 Å². The van der Waals surface area contributed by atoms with Gasteiger partial charge in [0, 0.05) is 11.5 Å². The smallest absolute Gasteiger partial charge is 0.119 e. The maximum Gasteiger partial charge on any atom is 0.119 e. The maximum atomic E-state index is 6.51. The van der Waals surface area contributed by atoms with Crippen molar-refractivity contribution in [2.75, 3.05) is 7.11 Å². The molecule has 0 saturated heterocycles.